The molecule has 4 heteroatoms. The SMILES string of the molecule is CC.COC(=O)/C=C/c1cccc(N(C)C(=O)C2CCCCC2)c1. The van der Waals surface area contributed by atoms with E-state index in [1.165, 1.54) is 19.6 Å². The van der Waals surface area contributed by atoms with E-state index in [4.69, 9.17) is 0 Å². The van der Waals surface area contributed by atoms with Gasteiger partial charge in [-0.05, 0) is 36.6 Å². The lowest BCUT2D eigenvalue weighted by Crippen LogP contribution is -2.33. The number of anilines is 1. The Morgan fingerprint density at radius 2 is 1.83 bits per heavy atom. The number of nitrogens with zero attached hydrogens (tertiary/aromatic N) is 1. The standard InChI is InChI=1S/C18H23NO3.C2H6/c1-19(18(21)15-8-4-3-5-9-15)16-10-6-7-14(13-16)11-12-17(20)22-2;1-2/h6-7,10-13,15H,3-5,8-9H2,1-2H3;1-2H3/b12-11+;. The summed E-state index contributed by atoms with van der Waals surface area (Å²) in [5, 5.41) is 0. The van der Waals surface area contributed by atoms with Gasteiger partial charge in [-0.25, -0.2) is 4.79 Å². The number of rotatable bonds is 4. The van der Waals surface area contributed by atoms with E-state index in [0.29, 0.717) is 0 Å². The van der Waals surface area contributed by atoms with E-state index < -0.39 is 5.97 Å². The van der Waals surface area contributed by atoms with Crippen LogP contribution in [0, 0.1) is 5.92 Å². The zero-order valence-corrected chi connectivity index (χ0v) is 15.2. The maximum atomic E-state index is 12.6. The molecule has 1 aromatic carbocycles. The molecule has 0 aromatic heterocycles. The normalized spacial score (nSPS) is 14.7. The number of ether oxygens (including phenoxy) is 1. The third-order valence-electron chi connectivity index (χ3n) is 4.16. The number of amides is 1. The van der Waals surface area contributed by atoms with E-state index >= 15 is 0 Å². The molecular formula is C20H29NO3. The zero-order chi connectivity index (χ0) is 17.9. The smallest absolute Gasteiger partial charge is 0.330 e. The summed E-state index contributed by atoms with van der Waals surface area (Å²) in [5.41, 5.74) is 1.72. The summed E-state index contributed by atoms with van der Waals surface area (Å²) >= 11 is 0. The second-order valence-electron chi connectivity index (χ2n) is 5.68. The molecule has 0 spiro atoms. The van der Waals surface area contributed by atoms with Crippen LogP contribution >= 0.6 is 0 Å². The second-order valence-corrected chi connectivity index (χ2v) is 5.68. The van der Waals surface area contributed by atoms with Crippen LogP contribution < -0.4 is 4.90 Å². The van der Waals surface area contributed by atoms with Gasteiger partial charge in [-0.3, -0.25) is 4.79 Å². The van der Waals surface area contributed by atoms with Crippen molar-refractivity contribution in [3.05, 3.63) is 35.9 Å². The average Bonchev–Trinajstić information content (AvgIpc) is 2.67. The van der Waals surface area contributed by atoms with E-state index in [1.54, 1.807) is 11.0 Å². The summed E-state index contributed by atoms with van der Waals surface area (Å²) in [5.74, 6) is -0.0566. The van der Waals surface area contributed by atoms with Crippen molar-refractivity contribution in [1.29, 1.82) is 0 Å². The van der Waals surface area contributed by atoms with Gasteiger partial charge in [0.25, 0.3) is 0 Å². The fraction of sp³-hybridized carbons (Fsp3) is 0.500. The first kappa shape index (κ1) is 19.9. The summed E-state index contributed by atoms with van der Waals surface area (Å²) in [4.78, 5) is 25.4. The van der Waals surface area contributed by atoms with Crippen LogP contribution in [-0.4, -0.2) is 26.0 Å². The summed E-state index contributed by atoms with van der Waals surface area (Å²) in [6.45, 7) is 4.00. The molecule has 0 radical (unpaired) electrons. The van der Waals surface area contributed by atoms with Gasteiger partial charge in [-0.2, -0.15) is 0 Å². The molecule has 1 fully saturated rings. The summed E-state index contributed by atoms with van der Waals surface area (Å²) in [6, 6.07) is 7.59. The minimum Gasteiger partial charge on any atom is -0.466 e. The van der Waals surface area contributed by atoms with Crippen LogP contribution in [0.2, 0.25) is 0 Å². The molecule has 0 aliphatic heterocycles. The van der Waals surface area contributed by atoms with Gasteiger partial charge in [0.15, 0.2) is 0 Å². The van der Waals surface area contributed by atoms with Gasteiger partial charge in [0.2, 0.25) is 5.91 Å². The van der Waals surface area contributed by atoms with Gasteiger partial charge in [0.1, 0.15) is 0 Å². The Morgan fingerprint density at radius 3 is 2.46 bits per heavy atom. The molecule has 1 aromatic rings. The molecule has 1 aliphatic rings. The number of methoxy groups -OCH3 is 1. The first-order valence-electron chi connectivity index (χ1n) is 8.75. The molecule has 4 nitrogen and oxygen atoms in total. The van der Waals surface area contributed by atoms with Crippen LogP contribution in [0.5, 0.6) is 0 Å². The highest BCUT2D eigenvalue weighted by Gasteiger charge is 2.24. The van der Waals surface area contributed by atoms with E-state index in [9.17, 15) is 9.59 Å². The summed E-state index contributed by atoms with van der Waals surface area (Å²) in [6.07, 6.45) is 8.58. The molecule has 0 N–H and O–H groups in total. The maximum Gasteiger partial charge on any atom is 0.330 e. The zero-order valence-electron chi connectivity index (χ0n) is 15.2. The van der Waals surface area contributed by atoms with Crippen molar-refractivity contribution in [2.75, 3.05) is 19.1 Å². The Bertz CT molecular complexity index is 560. The van der Waals surface area contributed by atoms with Crippen LogP contribution in [0.3, 0.4) is 0 Å². The molecule has 0 heterocycles. The van der Waals surface area contributed by atoms with Crippen molar-refractivity contribution in [2.45, 2.75) is 46.0 Å². The highest BCUT2D eigenvalue weighted by atomic mass is 16.5. The van der Waals surface area contributed by atoms with E-state index in [2.05, 4.69) is 4.74 Å². The van der Waals surface area contributed by atoms with Crippen molar-refractivity contribution in [3.8, 4) is 0 Å². The molecule has 1 saturated carbocycles. The fourth-order valence-corrected chi connectivity index (χ4v) is 2.82. The van der Waals surface area contributed by atoms with Crippen LogP contribution in [0.25, 0.3) is 6.08 Å². The lowest BCUT2D eigenvalue weighted by molar-refractivity contribution is -0.134. The Hall–Kier alpha value is -2.10. The largest absolute Gasteiger partial charge is 0.466 e. The van der Waals surface area contributed by atoms with Gasteiger partial charge in [0, 0.05) is 24.7 Å². The highest BCUT2D eigenvalue weighted by molar-refractivity contribution is 5.95. The third kappa shape index (κ3) is 5.84. The molecule has 2 rings (SSSR count). The van der Waals surface area contributed by atoms with Crippen LogP contribution in [-0.2, 0) is 14.3 Å². The van der Waals surface area contributed by atoms with Crippen LogP contribution in [0.1, 0.15) is 51.5 Å². The fourth-order valence-electron chi connectivity index (χ4n) is 2.82. The summed E-state index contributed by atoms with van der Waals surface area (Å²) < 4.78 is 4.58. The van der Waals surface area contributed by atoms with Crippen molar-refractivity contribution < 1.29 is 14.3 Å². The Morgan fingerprint density at radius 1 is 1.17 bits per heavy atom. The molecule has 24 heavy (non-hydrogen) atoms. The lowest BCUT2D eigenvalue weighted by atomic mass is 9.88. The van der Waals surface area contributed by atoms with E-state index in [0.717, 1.165) is 36.9 Å². The Labute approximate surface area is 145 Å². The number of carbonyl (C=O) groups excluding carboxylic acids is 2. The topological polar surface area (TPSA) is 46.6 Å². The number of benzene rings is 1. The van der Waals surface area contributed by atoms with Crippen LogP contribution in [0.15, 0.2) is 30.3 Å². The van der Waals surface area contributed by atoms with Crippen molar-refractivity contribution in [1.82, 2.24) is 0 Å². The van der Waals surface area contributed by atoms with Gasteiger partial charge < -0.3 is 9.64 Å². The Balaban J connectivity index is 0.00000139. The van der Waals surface area contributed by atoms with Crippen molar-refractivity contribution in [3.63, 3.8) is 0 Å². The minimum atomic E-state index is -0.392. The molecular weight excluding hydrogens is 302 g/mol. The molecule has 0 unspecified atom stereocenters. The van der Waals surface area contributed by atoms with Gasteiger partial charge in [0.05, 0.1) is 7.11 Å². The van der Waals surface area contributed by atoms with E-state index in [1.807, 2.05) is 45.2 Å². The monoisotopic (exact) mass is 331 g/mol. The predicted octanol–water partition coefficient (Wildman–Crippen LogP) is 4.44. The molecule has 0 bridgehead atoms. The lowest BCUT2D eigenvalue weighted by Gasteiger charge is -2.26. The minimum absolute atomic E-state index is 0.146. The van der Waals surface area contributed by atoms with Crippen LogP contribution in [0.4, 0.5) is 5.69 Å². The molecule has 1 aliphatic carbocycles. The molecule has 0 saturated heterocycles. The van der Waals surface area contributed by atoms with E-state index in [-0.39, 0.29) is 11.8 Å². The van der Waals surface area contributed by atoms with Gasteiger partial charge >= 0.3 is 5.97 Å². The highest BCUT2D eigenvalue weighted by Crippen LogP contribution is 2.27. The number of carbonyl (C=O) groups is 2. The van der Waals surface area contributed by atoms with Gasteiger partial charge in [-0.15, -0.1) is 0 Å². The first-order chi connectivity index (χ1) is 11.6. The number of hydrogen-bond acceptors (Lipinski definition) is 3. The quantitative estimate of drug-likeness (QED) is 0.605. The van der Waals surface area contributed by atoms with Crippen molar-refractivity contribution in [2.24, 2.45) is 5.92 Å². The maximum absolute atomic E-state index is 12.6. The number of hydrogen-bond donors (Lipinski definition) is 0. The molecule has 0 atom stereocenters. The number of esters is 1. The predicted molar refractivity (Wildman–Crippen MR) is 98.8 cm³/mol. The molecule has 1 amide bonds. The first-order valence-corrected chi connectivity index (χ1v) is 8.75. The molecule has 132 valence electrons. The third-order valence-corrected chi connectivity index (χ3v) is 4.16. The average molecular weight is 331 g/mol. The second kappa shape index (κ2) is 10.6. The van der Waals surface area contributed by atoms with Gasteiger partial charge in [-0.1, -0.05) is 45.2 Å². The van der Waals surface area contributed by atoms with Crippen molar-refractivity contribution >= 4 is 23.6 Å². The summed E-state index contributed by atoms with van der Waals surface area (Å²) in [7, 11) is 3.17. The Kier molecular flexibility index (Phi) is 8.84.